The van der Waals surface area contributed by atoms with Gasteiger partial charge >= 0.3 is 5.97 Å². The van der Waals surface area contributed by atoms with Gasteiger partial charge in [0.05, 0.1) is 12.9 Å². The summed E-state index contributed by atoms with van der Waals surface area (Å²) in [5.74, 6) is -0.193. The van der Waals surface area contributed by atoms with Crippen molar-refractivity contribution < 1.29 is 9.53 Å². The van der Waals surface area contributed by atoms with Crippen LogP contribution in [0.1, 0.15) is 19.8 Å². The Balaban J connectivity index is 2.09. The first-order chi connectivity index (χ1) is 9.11. The Morgan fingerprint density at radius 2 is 2.37 bits per heavy atom. The van der Waals surface area contributed by atoms with E-state index >= 15 is 0 Å². The zero-order valence-corrected chi connectivity index (χ0v) is 10.5. The molecule has 0 fully saturated rings. The molecule has 0 aliphatic carbocycles. The zero-order valence-electron chi connectivity index (χ0n) is 10.5. The third-order valence-electron chi connectivity index (χ3n) is 2.58. The Morgan fingerprint density at radius 3 is 3.11 bits per heavy atom. The topological polar surface area (TPSA) is 116 Å². The summed E-state index contributed by atoms with van der Waals surface area (Å²) in [5, 5.41) is 0. The van der Waals surface area contributed by atoms with E-state index in [1.165, 1.54) is 6.33 Å². The third kappa shape index (κ3) is 2.90. The summed E-state index contributed by atoms with van der Waals surface area (Å²) in [6.07, 6.45) is 2.41. The van der Waals surface area contributed by atoms with E-state index in [0.717, 1.165) is 0 Å². The minimum Gasteiger partial charge on any atom is -0.466 e. The van der Waals surface area contributed by atoms with Crippen LogP contribution in [0.25, 0.3) is 11.2 Å². The lowest BCUT2D eigenvalue weighted by molar-refractivity contribution is -0.143. The Kier molecular flexibility index (Phi) is 3.79. The van der Waals surface area contributed by atoms with Crippen LogP contribution >= 0.6 is 0 Å². The van der Waals surface area contributed by atoms with Crippen molar-refractivity contribution in [3.63, 3.8) is 0 Å². The van der Waals surface area contributed by atoms with E-state index in [9.17, 15) is 9.59 Å². The summed E-state index contributed by atoms with van der Waals surface area (Å²) in [6.45, 7) is 2.66. The van der Waals surface area contributed by atoms with Crippen LogP contribution in [-0.4, -0.2) is 32.1 Å². The SMILES string of the molecule is CCOC(=O)CCCn1cnc2c(=O)[nH]c(N)nc21. The van der Waals surface area contributed by atoms with E-state index in [0.29, 0.717) is 31.6 Å². The molecule has 0 aliphatic rings. The Bertz CT molecular complexity index is 645. The molecule has 0 amide bonds. The molecular formula is C11H15N5O3. The Hall–Kier alpha value is -2.38. The van der Waals surface area contributed by atoms with Gasteiger partial charge in [0.25, 0.3) is 5.56 Å². The number of anilines is 1. The number of hydrogen-bond donors (Lipinski definition) is 2. The number of nitrogens with zero attached hydrogens (tertiary/aromatic N) is 3. The highest BCUT2D eigenvalue weighted by molar-refractivity contribution is 5.71. The fourth-order valence-electron chi connectivity index (χ4n) is 1.76. The van der Waals surface area contributed by atoms with E-state index in [4.69, 9.17) is 10.5 Å². The van der Waals surface area contributed by atoms with Gasteiger partial charge in [0.2, 0.25) is 5.95 Å². The fraction of sp³-hybridized carbons (Fsp3) is 0.455. The number of nitrogens with two attached hydrogens (primary N) is 1. The zero-order chi connectivity index (χ0) is 13.8. The monoisotopic (exact) mass is 265 g/mol. The first-order valence-electron chi connectivity index (χ1n) is 5.98. The average molecular weight is 265 g/mol. The highest BCUT2D eigenvalue weighted by Crippen LogP contribution is 2.08. The Labute approximate surface area is 108 Å². The molecule has 0 atom stereocenters. The summed E-state index contributed by atoms with van der Waals surface area (Å²) in [7, 11) is 0. The summed E-state index contributed by atoms with van der Waals surface area (Å²) < 4.78 is 6.53. The predicted molar refractivity (Wildman–Crippen MR) is 68.4 cm³/mol. The van der Waals surface area contributed by atoms with Crippen LogP contribution in [0.2, 0.25) is 0 Å². The second kappa shape index (κ2) is 5.51. The highest BCUT2D eigenvalue weighted by Gasteiger charge is 2.09. The fourth-order valence-corrected chi connectivity index (χ4v) is 1.76. The van der Waals surface area contributed by atoms with Crippen molar-refractivity contribution in [3.8, 4) is 0 Å². The summed E-state index contributed by atoms with van der Waals surface area (Å²) in [4.78, 5) is 33.2. The van der Waals surface area contributed by atoms with Crippen LogP contribution < -0.4 is 11.3 Å². The number of hydrogen-bond acceptors (Lipinski definition) is 6. The number of aromatic nitrogens is 4. The van der Waals surface area contributed by atoms with Crippen LogP contribution in [0.15, 0.2) is 11.1 Å². The van der Waals surface area contributed by atoms with Crippen molar-refractivity contribution in [2.24, 2.45) is 0 Å². The highest BCUT2D eigenvalue weighted by atomic mass is 16.5. The van der Waals surface area contributed by atoms with Gasteiger partial charge in [-0.05, 0) is 13.3 Å². The van der Waals surface area contributed by atoms with Crippen molar-refractivity contribution >= 4 is 23.1 Å². The van der Waals surface area contributed by atoms with E-state index in [1.807, 2.05) is 0 Å². The minimum absolute atomic E-state index is 0.0460. The largest absolute Gasteiger partial charge is 0.466 e. The molecule has 2 aromatic rings. The lowest BCUT2D eigenvalue weighted by Crippen LogP contribution is -2.12. The molecule has 0 unspecified atom stereocenters. The summed E-state index contributed by atoms with van der Waals surface area (Å²) >= 11 is 0. The van der Waals surface area contributed by atoms with Gasteiger partial charge in [0.15, 0.2) is 11.2 Å². The second-order valence-corrected chi connectivity index (χ2v) is 3.97. The molecule has 0 spiro atoms. The van der Waals surface area contributed by atoms with Crippen LogP contribution in [0.4, 0.5) is 5.95 Å². The van der Waals surface area contributed by atoms with Gasteiger partial charge in [-0.2, -0.15) is 4.98 Å². The van der Waals surface area contributed by atoms with E-state index in [2.05, 4.69) is 15.0 Å². The van der Waals surface area contributed by atoms with Gasteiger partial charge in [0.1, 0.15) is 0 Å². The minimum atomic E-state index is -0.369. The number of ether oxygens (including phenoxy) is 1. The van der Waals surface area contributed by atoms with E-state index < -0.39 is 0 Å². The molecule has 0 saturated carbocycles. The molecule has 0 aromatic carbocycles. The molecule has 3 N–H and O–H groups in total. The third-order valence-corrected chi connectivity index (χ3v) is 2.58. The molecule has 102 valence electrons. The number of aromatic amines is 1. The first-order valence-corrected chi connectivity index (χ1v) is 5.98. The van der Waals surface area contributed by atoms with Crippen LogP contribution in [-0.2, 0) is 16.1 Å². The summed E-state index contributed by atoms with van der Waals surface area (Å²) in [6, 6.07) is 0. The van der Waals surface area contributed by atoms with Crippen molar-refractivity contribution in [1.82, 2.24) is 19.5 Å². The van der Waals surface area contributed by atoms with Crippen LogP contribution in [0.5, 0.6) is 0 Å². The van der Waals surface area contributed by atoms with Gasteiger partial charge in [-0.1, -0.05) is 0 Å². The van der Waals surface area contributed by atoms with Crippen molar-refractivity contribution in [3.05, 3.63) is 16.7 Å². The molecule has 2 aromatic heterocycles. The van der Waals surface area contributed by atoms with Gasteiger partial charge in [0, 0.05) is 13.0 Å². The van der Waals surface area contributed by atoms with Crippen molar-refractivity contribution in [2.75, 3.05) is 12.3 Å². The first kappa shape index (κ1) is 13.1. The number of nitrogens with one attached hydrogen (secondary N) is 1. The maximum absolute atomic E-state index is 11.6. The normalized spacial score (nSPS) is 10.8. The lowest BCUT2D eigenvalue weighted by Gasteiger charge is -2.04. The molecule has 8 heteroatoms. The standard InChI is InChI=1S/C11H15N5O3/c1-2-19-7(17)4-3-5-16-6-13-8-9(16)14-11(12)15-10(8)18/h6H,2-5H2,1H3,(H3,12,14,15,18). The molecule has 0 saturated heterocycles. The van der Waals surface area contributed by atoms with Crippen LogP contribution in [0, 0.1) is 0 Å². The molecular weight excluding hydrogens is 250 g/mol. The molecule has 0 bridgehead atoms. The Morgan fingerprint density at radius 1 is 1.58 bits per heavy atom. The number of fused-ring (bicyclic) bond motifs is 1. The molecule has 0 aliphatic heterocycles. The average Bonchev–Trinajstić information content (AvgIpc) is 2.73. The number of H-pyrrole nitrogens is 1. The van der Waals surface area contributed by atoms with Crippen molar-refractivity contribution in [2.45, 2.75) is 26.3 Å². The molecule has 2 heterocycles. The number of rotatable bonds is 5. The van der Waals surface area contributed by atoms with E-state index in [1.54, 1.807) is 11.5 Å². The smallest absolute Gasteiger partial charge is 0.305 e. The predicted octanol–water partition coefficient (Wildman–Crippen LogP) is 0.0451. The quantitative estimate of drug-likeness (QED) is 0.737. The number of esters is 1. The molecule has 19 heavy (non-hydrogen) atoms. The number of carbonyl (C=O) groups excluding carboxylic acids is 1. The van der Waals surface area contributed by atoms with Gasteiger partial charge < -0.3 is 15.0 Å². The maximum atomic E-state index is 11.6. The lowest BCUT2D eigenvalue weighted by atomic mass is 10.3. The van der Waals surface area contributed by atoms with Gasteiger partial charge in [-0.3, -0.25) is 14.6 Å². The number of carbonyl (C=O) groups is 1. The van der Waals surface area contributed by atoms with Gasteiger partial charge in [-0.25, -0.2) is 4.98 Å². The second-order valence-electron chi connectivity index (χ2n) is 3.97. The maximum Gasteiger partial charge on any atom is 0.305 e. The molecule has 0 radical (unpaired) electrons. The molecule has 2 rings (SSSR count). The number of aryl methyl sites for hydroxylation is 1. The van der Waals surface area contributed by atoms with Gasteiger partial charge in [-0.15, -0.1) is 0 Å². The molecule has 8 nitrogen and oxygen atoms in total. The van der Waals surface area contributed by atoms with Crippen LogP contribution in [0.3, 0.4) is 0 Å². The number of nitrogen functional groups attached to an aromatic ring is 1. The summed E-state index contributed by atoms with van der Waals surface area (Å²) in [5.41, 5.74) is 5.78. The number of imidazole rings is 1. The van der Waals surface area contributed by atoms with Crippen molar-refractivity contribution in [1.29, 1.82) is 0 Å². The van der Waals surface area contributed by atoms with E-state index in [-0.39, 0.29) is 23.0 Å².